The molecule has 0 saturated heterocycles. The monoisotopic (exact) mass is 321 g/mol. The van der Waals surface area contributed by atoms with Crippen LogP contribution < -0.4 is 5.32 Å². The Morgan fingerprint density at radius 1 is 1.29 bits per heavy atom. The molecule has 98 valence electrons. The van der Waals surface area contributed by atoms with Crippen LogP contribution in [0.25, 0.3) is 0 Å². The molecule has 0 unspecified atom stereocenters. The summed E-state index contributed by atoms with van der Waals surface area (Å²) in [6.45, 7) is 8.36. The van der Waals surface area contributed by atoms with Crippen LogP contribution in [-0.4, -0.2) is 11.7 Å². The number of phenolic OH excluding ortho intramolecular Hbond substituents is 1. The van der Waals surface area contributed by atoms with Crippen LogP contribution in [0.2, 0.25) is 0 Å². The Morgan fingerprint density at radius 3 is 2.53 bits per heavy atom. The van der Waals surface area contributed by atoms with Crippen molar-refractivity contribution in [1.82, 2.24) is 5.32 Å². The predicted molar refractivity (Wildman–Crippen MR) is 78.8 cm³/mol. The minimum absolute atomic E-state index is 0. The molecule has 0 aromatic heterocycles. The van der Waals surface area contributed by atoms with Gasteiger partial charge in [0.25, 0.3) is 0 Å². The lowest BCUT2D eigenvalue weighted by Gasteiger charge is -2.18. The van der Waals surface area contributed by atoms with E-state index in [1.807, 2.05) is 12.1 Å². The predicted octanol–water partition coefficient (Wildman–Crippen LogP) is 4.10. The van der Waals surface area contributed by atoms with Crippen LogP contribution in [0.1, 0.15) is 32.8 Å². The molecule has 0 radical (unpaired) electrons. The quantitative estimate of drug-likeness (QED) is 0.818. The fourth-order valence-electron chi connectivity index (χ4n) is 1.38. The number of aromatic hydroxyl groups is 1. The van der Waals surface area contributed by atoms with Crippen LogP contribution >= 0.6 is 28.3 Å². The number of halogens is 2. The first kappa shape index (κ1) is 16.8. The molecule has 0 aliphatic carbocycles. The van der Waals surface area contributed by atoms with Gasteiger partial charge in [-0.1, -0.05) is 36.7 Å². The standard InChI is InChI=1S/C13H20BrNO.ClH/c1-13(2,3)6-7-15-9-10-8-11(14)4-5-12(10)16;/h4-5,8,15-16H,6-7,9H2,1-3H3;1H. The summed E-state index contributed by atoms with van der Waals surface area (Å²) in [5.41, 5.74) is 1.29. The van der Waals surface area contributed by atoms with Crippen LogP contribution in [0.4, 0.5) is 0 Å². The molecule has 0 amide bonds. The minimum Gasteiger partial charge on any atom is -0.508 e. The molecule has 0 aliphatic rings. The first-order chi connectivity index (χ1) is 7.38. The van der Waals surface area contributed by atoms with Gasteiger partial charge in [0, 0.05) is 16.6 Å². The molecular formula is C13H21BrClNO. The Labute approximate surface area is 118 Å². The van der Waals surface area contributed by atoms with Crippen LogP contribution in [-0.2, 0) is 6.54 Å². The molecule has 0 saturated carbocycles. The zero-order valence-corrected chi connectivity index (χ0v) is 13.0. The van der Waals surface area contributed by atoms with Gasteiger partial charge in [-0.3, -0.25) is 0 Å². The van der Waals surface area contributed by atoms with Crippen LogP contribution in [0.15, 0.2) is 22.7 Å². The van der Waals surface area contributed by atoms with E-state index in [0.717, 1.165) is 23.0 Å². The Kier molecular flexibility index (Phi) is 7.14. The molecule has 1 aromatic carbocycles. The van der Waals surface area contributed by atoms with E-state index in [-0.39, 0.29) is 12.4 Å². The molecule has 0 bridgehead atoms. The van der Waals surface area contributed by atoms with Crippen LogP contribution in [0, 0.1) is 5.41 Å². The summed E-state index contributed by atoms with van der Waals surface area (Å²) in [6.07, 6.45) is 1.13. The average Bonchev–Trinajstić information content (AvgIpc) is 2.16. The average molecular weight is 323 g/mol. The SMILES string of the molecule is CC(C)(C)CCNCc1cc(Br)ccc1O.Cl. The number of nitrogens with one attached hydrogen (secondary N) is 1. The van der Waals surface area contributed by atoms with Gasteiger partial charge in [0.05, 0.1) is 0 Å². The van der Waals surface area contributed by atoms with Gasteiger partial charge in [0.1, 0.15) is 5.75 Å². The van der Waals surface area contributed by atoms with Gasteiger partial charge in [0.2, 0.25) is 0 Å². The third-order valence-electron chi connectivity index (χ3n) is 2.41. The zero-order chi connectivity index (χ0) is 12.2. The van der Waals surface area contributed by atoms with E-state index in [1.165, 1.54) is 0 Å². The van der Waals surface area contributed by atoms with E-state index in [9.17, 15) is 5.11 Å². The number of hydrogen-bond acceptors (Lipinski definition) is 2. The molecular weight excluding hydrogens is 302 g/mol. The zero-order valence-electron chi connectivity index (χ0n) is 10.6. The van der Waals surface area contributed by atoms with Crippen LogP contribution in [0.5, 0.6) is 5.75 Å². The fraction of sp³-hybridized carbons (Fsp3) is 0.538. The highest BCUT2D eigenvalue weighted by atomic mass is 79.9. The minimum atomic E-state index is 0. The Hall–Kier alpha value is -0.250. The molecule has 0 aliphatic heterocycles. The van der Waals surface area contributed by atoms with Crippen molar-refractivity contribution in [3.8, 4) is 5.75 Å². The van der Waals surface area contributed by atoms with E-state index in [4.69, 9.17) is 0 Å². The van der Waals surface area contributed by atoms with Gasteiger partial charge in [-0.05, 0) is 36.6 Å². The Morgan fingerprint density at radius 2 is 1.94 bits per heavy atom. The number of rotatable bonds is 4. The molecule has 0 atom stereocenters. The summed E-state index contributed by atoms with van der Waals surface area (Å²) in [5, 5.41) is 13.0. The van der Waals surface area contributed by atoms with Crippen molar-refractivity contribution < 1.29 is 5.11 Å². The van der Waals surface area contributed by atoms with Crippen molar-refractivity contribution in [3.63, 3.8) is 0 Å². The lowest BCUT2D eigenvalue weighted by molar-refractivity contribution is 0.365. The second-order valence-corrected chi connectivity index (χ2v) is 6.18. The Bertz CT molecular complexity index is 350. The topological polar surface area (TPSA) is 32.3 Å². The summed E-state index contributed by atoms with van der Waals surface area (Å²) in [6, 6.07) is 5.50. The maximum absolute atomic E-state index is 9.63. The van der Waals surface area contributed by atoms with Gasteiger partial charge in [-0.15, -0.1) is 12.4 Å². The van der Waals surface area contributed by atoms with Gasteiger partial charge in [-0.25, -0.2) is 0 Å². The first-order valence-electron chi connectivity index (χ1n) is 5.56. The lowest BCUT2D eigenvalue weighted by Crippen LogP contribution is -2.20. The van der Waals surface area contributed by atoms with E-state index >= 15 is 0 Å². The second-order valence-electron chi connectivity index (χ2n) is 5.26. The van der Waals surface area contributed by atoms with E-state index < -0.39 is 0 Å². The van der Waals surface area contributed by atoms with Crippen molar-refractivity contribution in [1.29, 1.82) is 0 Å². The fourth-order valence-corrected chi connectivity index (χ4v) is 1.79. The molecule has 1 rings (SSSR count). The summed E-state index contributed by atoms with van der Waals surface area (Å²) in [7, 11) is 0. The molecule has 2 N–H and O–H groups in total. The van der Waals surface area contributed by atoms with Gasteiger partial charge in [0.15, 0.2) is 0 Å². The normalized spacial score (nSPS) is 11.1. The summed E-state index contributed by atoms with van der Waals surface area (Å²) < 4.78 is 0.998. The molecule has 2 nitrogen and oxygen atoms in total. The van der Waals surface area contributed by atoms with Crippen LogP contribution in [0.3, 0.4) is 0 Å². The van der Waals surface area contributed by atoms with Gasteiger partial charge in [-0.2, -0.15) is 0 Å². The second kappa shape index (κ2) is 7.24. The Balaban J connectivity index is 0.00000256. The lowest BCUT2D eigenvalue weighted by atomic mass is 9.92. The van der Waals surface area contributed by atoms with Crippen molar-refractivity contribution in [3.05, 3.63) is 28.2 Å². The summed E-state index contributed by atoms with van der Waals surface area (Å²) in [4.78, 5) is 0. The van der Waals surface area contributed by atoms with Crippen molar-refractivity contribution in [2.24, 2.45) is 5.41 Å². The van der Waals surface area contributed by atoms with Crippen molar-refractivity contribution in [2.75, 3.05) is 6.54 Å². The number of benzene rings is 1. The molecule has 0 spiro atoms. The van der Waals surface area contributed by atoms with E-state index in [0.29, 0.717) is 17.7 Å². The summed E-state index contributed by atoms with van der Waals surface area (Å²) in [5.74, 6) is 0.353. The highest BCUT2D eigenvalue weighted by molar-refractivity contribution is 9.10. The van der Waals surface area contributed by atoms with Gasteiger partial charge < -0.3 is 10.4 Å². The third kappa shape index (κ3) is 6.92. The highest BCUT2D eigenvalue weighted by Crippen LogP contribution is 2.22. The highest BCUT2D eigenvalue weighted by Gasteiger charge is 2.09. The molecule has 4 heteroatoms. The maximum Gasteiger partial charge on any atom is 0.120 e. The maximum atomic E-state index is 9.63. The molecule has 0 heterocycles. The van der Waals surface area contributed by atoms with E-state index in [2.05, 4.69) is 42.0 Å². The third-order valence-corrected chi connectivity index (χ3v) is 2.90. The van der Waals surface area contributed by atoms with Gasteiger partial charge >= 0.3 is 0 Å². The smallest absolute Gasteiger partial charge is 0.120 e. The number of hydrogen-bond donors (Lipinski definition) is 2. The molecule has 1 aromatic rings. The largest absolute Gasteiger partial charge is 0.508 e. The summed E-state index contributed by atoms with van der Waals surface area (Å²) >= 11 is 3.40. The van der Waals surface area contributed by atoms with Crippen molar-refractivity contribution >= 4 is 28.3 Å². The molecule has 17 heavy (non-hydrogen) atoms. The number of phenols is 1. The van der Waals surface area contributed by atoms with E-state index in [1.54, 1.807) is 6.07 Å². The van der Waals surface area contributed by atoms with Crippen molar-refractivity contribution in [2.45, 2.75) is 33.7 Å². The molecule has 0 fully saturated rings. The first-order valence-corrected chi connectivity index (χ1v) is 6.36.